The van der Waals surface area contributed by atoms with E-state index in [-0.39, 0.29) is 16.8 Å². The Kier molecular flexibility index (Phi) is 4.30. The summed E-state index contributed by atoms with van der Waals surface area (Å²) in [5.74, 6) is 2.44. The molecule has 0 aliphatic heterocycles. The van der Waals surface area contributed by atoms with Crippen molar-refractivity contribution in [2.75, 3.05) is 5.32 Å². The summed E-state index contributed by atoms with van der Waals surface area (Å²) >= 11 is 5.63. The van der Waals surface area contributed by atoms with E-state index in [9.17, 15) is 13.2 Å². The van der Waals surface area contributed by atoms with E-state index in [2.05, 4.69) is 11.2 Å². The Bertz CT molecular complexity index is 434. The largest absolute Gasteiger partial charge is 0.416 e. The van der Waals surface area contributed by atoms with Gasteiger partial charge in [0.25, 0.3) is 0 Å². The Balaban J connectivity index is 3.03. The number of terminal acetylenes is 1. The van der Waals surface area contributed by atoms with Gasteiger partial charge >= 0.3 is 6.18 Å². The van der Waals surface area contributed by atoms with Crippen LogP contribution in [0.1, 0.15) is 18.9 Å². The third kappa shape index (κ3) is 3.86. The molecule has 1 atom stereocenters. The molecule has 0 amide bonds. The smallest absolute Gasteiger partial charge is 0.372 e. The van der Waals surface area contributed by atoms with Crippen LogP contribution in [0.3, 0.4) is 0 Å². The number of alkyl halides is 3. The highest BCUT2D eigenvalue weighted by Gasteiger charge is 2.31. The number of rotatable bonds is 3. The average Bonchev–Trinajstić information content (AvgIpc) is 2.24. The molecule has 0 aromatic heterocycles. The third-order valence-corrected chi connectivity index (χ3v) is 2.39. The molecule has 0 radical (unpaired) electrons. The van der Waals surface area contributed by atoms with Crippen molar-refractivity contribution in [3.05, 3.63) is 28.8 Å². The molecule has 0 bridgehead atoms. The van der Waals surface area contributed by atoms with E-state index < -0.39 is 11.7 Å². The van der Waals surface area contributed by atoms with Crippen LogP contribution in [-0.2, 0) is 6.18 Å². The van der Waals surface area contributed by atoms with Gasteiger partial charge in [-0.05, 0) is 24.6 Å². The van der Waals surface area contributed by atoms with Crippen molar-refractivity contribution >= 4 is 17.3 Å². The maximum Gasteiger partial charge on any atom is 0.416 e. The molecule has 0 fully saturated rings. The van der Waals surface area contributed by atoms with Crippen LogP contribution in [0.4, 0.5) is 18.9 Å². The van der Waals surface area contributed by atoms with Crippen molar-refractivity contribution in [2.24, 2.45) is 0 Å². The second-order valence-corrected chi connectivity index (χ2v) is 3.93. The zero-order chi connectivity index (χ0) is 13.1. The van der Waals surface area contributed by atoms with E-state index in [0.29, 0.717) is 6.42 Å². The lowest BCUT2D eigenvalue weighted by atomic mass is 10.1. The minimum atomic E-state index is -4.42. The van der Waals surface area contributed by atoms with Crippen molar-refractivity contribution in [3.63, 3.8) is 0 Å². The second-order valence-electron chi connectivity index (χ2n) is 3.50. The molecule has 17 heavy (non-hydrogen) atoms. The Morgan fingerprint density at radius 3 is 2.53 bits per heavy atom. The summed E-state index contributed by atoms with van der Waals surface area (Å²) in [6.45, 7) is 1.84. The molecule has 1 nitrogen and oxygen atoms in total. The fourth-order valence-corrected chi connectivity index (χ4v) is 1.53. The van der Waals surface area contributed by atoms with Gasteiger partial charge in [0.1, 0.15) is 0 Å². The van der Waals surface area contributed by atoms with E-state index in [1.807, 2.05) is 6.92 Å². The minimum absolute atomic E-state index is 0.0224. The summed E-state index contributed by atoms with van der Waals surface area (Å²) in [7, 11) is 0. The number of benzene rings is 1. The van der Waals surface area contributed by atoms with Gasteiger partial charge in [-0.2, -0.15) is 13.2 Å². The van der Waals surface area contributed by atoms with Gasteiger partial charge in [-0.1, -0.05) is 24.4 Å². The van der Waals surface area contributed by atoms with Crippen molar-refractivity contribution in [1.29, 1.82) is 0 Å². The van der Waals surface area contributed by atoms with Crippen LogP contribution in [0, 0.1) is 12.3 Å². The van der Waals surface area contributed by atoms with E-state index in [1.54, 1.807) is 0 Å². The maximum absolute atomic E-state index is 12.5. The van der Waals surface area contributed by atoms with Gasteiger partial charge in [0.2, 0.25) is 0 Å². The zero-order valence-corrected chi connectivity index (χ0v) is 9.86. The zero-order valence-electron chi connectivity index (χ0n) is 9.11. The van der Waals surface area contributed by atoms with Gasteiger partial charge in [-0.15, -0.1) is 6.42 Å². The van der Waals surface area contributed by atoms with E-state index in [0.717, 1.165) is 12.1 Å². The summed E-state index contributed by atoms with van der Waals surface area (Å²) in [5.41, 5.74) is -0.519. The minimum Gasteiger partial charge on any atom is -0.372 e. The summed E-state index contributed by atoms with van der Waals surface area (Å²) in [4.78, 5) is 0. The Morgan fingerprint density at radius 2 is 2.06 bits per heavy atom. The average molecular weight is 262 g/mol. The molecule has 0 saturated heterocycles. The predicted octanol–water partition coefficient (Wildman–Crippen LogP) is 4.18. The third-order valence-electron chi connectivity index (χ3n) is 2.18. The van der Waals surface area contributed by atoms with Crippen LogP contribution in [-0.4, -0.2) is 6.04 Å². The predicted molar refractivity (Wildman–Crippen MR) is 63.0 cm³/mol. The van der Waals surface area contributed by atoms with Crippen molar-refractivity contribution in [1.82, 2.24) is 0 Å². The maximum atomic E-state index is 12.5. The van der Waals surface area contributed by atoms with Crippen LogP contribution in [0.5, 0.6) is 0 Å². The molecular weight excluding hydrogens is 251 g/mol. The lowest BCUT2D eigenvalue weighted by Gasteiger charge is -2.15. The van der Waals surface area contributed by atoms with Gasteiger partial charge in [0.15, 0.2) is 0 Å². The van der Waals surface area contributed by atoms with Crippen LogP contribution in [0.15, 0.2) is 18.2 Å². The summed E-state index contributed by atoms with van der Waals surface area (Å²) in [6.07, 6.45) is 1.42. The standard InChI is InChI=1S/C12H11ClF3N/c1-3-10(4-2)17-11-6-8(12(14,15)16)5-9(13)7-11/h1,5-7,10,17H,4H2,2H3. The molecule has 0 heterocycles. The molecule has 1 N–H and O–H groups in total. The van der Waals surface area contributed by atoms with E-state index in [1.165, 1.54) is 6.07 Å². The van der Waals surface area contributed by atoms with E-state index >= 15 is 0 Å². The number of halogens is 4. The van der Waals surface area contributed by atoms with Crippen molar-refractivity contribution in [3.8, 4) is 12.3 Å². The first-order valence-corrected chi connectivity index (χ1v) is 5.35. The van der Waals surface area contributed by atoms with Crippen molar-refractivity contribution in [2.45, 2.75) is 25.6 Å². The van der Waals surface area contributed by atoms with Crippen LogP contribution < -0.4 is 5.32 Å². The number of hydrogen-bond acceptors (Lipinski definition) is 1. The number of hydrogen-bond donors (Lipinski definition) is 1. The van der Waals surface area contributed by atoms with Gasteiger partial charge in [0.05, 0.1) is 11.6 Å². The highest BCUT2D eigenvalue weighted by molar-refractivity contribution is 6.30. The number of nitrogens with one attached hydrogen (secondary N) is 1. The van der Waals surface area contributed by atoms with Crippen LogP contribution in [0.25, 0.3) is 0 Å². The molecule has 1 unspecified atom stereocenters. The van der Waals surface area contributed by atoms with Gasteiger partial charge in [0, 0.05) is 10.7 Å². The highest BCUT2D eigenvalue weighted by Crippen LogP contribution is 2.33. The van der Waals surface area contributed by atoms with Gasteiger partial charge in [-0.3, -0.25) is 0 Å². The van der Waals surface area contributed by atoms with Crippen molar-refractivity contribution < 1.29 is 13.2 Å². The molecule has 0 spiro atoms. The Morgan fingerprint density at radius 1 is 1.41 bits per heavy atom. The van der Waals surface area contributed by atoms with Crippen LogP contribution >= 0.6 is 11.6 Å². The first-order valence-electron chi connectivity index (χ1n) is 4.97. The second kappa shape index (κ2) is 5.33. The van der Waals surface area contributed by atoms with E-state index in [4.69, 9.17) is 18.0 Å². The SMILES string of the molecule is C#CC(CC)Nc1cc(Cl)cc(C(F)(F)F)c1. The molecule has 0 saturated carbocycles. The molecule has 0 aliphatic rings. The quantitative estimate of drug-likeness (QED) is 0.805. The van der Waals surface area contributed by atoms with Gasteiger partial charge in [-0.25, -0.2) is 0 Å². The molecule has 0 aliphatic carbocycles. The summed E-state index contributed by atoms with van der Waals surface area (Å²) in [5, 5.41) is 2.83. The first-order chi connectivity index (χ1) is 7.86. The highest BCUT2D eigenvalue weighted by atomic mass is 35.5. The fourth-order valence-electron chi connectivity index (χ4n) is 1.30. The molecular formula is C12H11ClF3N. The summed E-state index contributed by atoms with van der Waals surface area (Å²) in [6, 6.07) is 2.97. The Hall–Kier alpha value is -1.34. The molecule has 92 valence electrons. The fraction of sp³-hybridized carbons (Fsp3) is 0.333. The monoisotopic (exact) mass is 261 g/mol. The Labute approximate surface area is 103 Å². The number of anilines is 1. The molecule has 1 aromatic carbocycles. The first kappa shape index (κ1) is 13.7. The molecule has 1 rings (SSSR count). The topological polar surface area (TPSA) is 12.0 Å². The van der Waals surface area contributed by atoms with Crippen LogP contribution in [0.2, 0.25) is 5.02 Å². The lowest BCUT2D eigenvalue weighted by Crippen LogP contribution is -2.16. The summed E-state index contributed by atoms with van der Waals surface area (Å²) < 4.78 is 37.6. The molecule has 5 heteroatoms. The lowest BCUT2D eigenvalue weighted by molar-refractivity contribution is -0.137. The molecule has 1 aromatic rings. The van der Waals surface area contributed by atoms with Gasteiger partial charge < -0.3 is 5.32 Å². The normalized spacial score (nSPS) is 12.9.